The number of likely N-dealkylation sites (N-methyl/N-ethyl adjacent to an activating group) is 1. The summed E-state index contributed by atoms with van der Waals surface area (Å²) in [6, 6.07) is 12.0. The molecule has 0 aliphatic carbocycles. The molecule has 1 aromatic heterocycles. The van der Waals surface area contributed by atoms with Crippen molar-refractivity contribution in [1.82, 2.24) is 14.5 Å². The Kier molecular flexibility index (Phi) is 7.20. The number of aromatic nitrogens is 2. The van der Waals surface area contributed by atoms with Gasteiger partial charge in [0.05, 0.1) is 24.5 Å². The van der Waals surface area contributed by atoms with Gasteiger partial charge in [-0.1, -0.05) is 35.3 Å². The standard InChI is InChI=1S/C28H31Cl2N3O3S/c1-32-10-6-20-14-22(3-5-24(20)27(32)7-12-37-13-8-27)34-16-23-17-35-28(36-23,18-33-11-9-31-19-33)25-4-2-21(29)15-26(25)30/h2-5,9,11,14-15,19,23H,6-8,10,12-13,16-18H2,1H3. The molecule has 2 aromatic carbocycles. The number of thioether (sulfide) groups is 1. The Morgan fingerprint density at radius 3 is 2.76 bits per heavy atom. The maximum Gasteiger partial charge on any atom is 0.215 e. The molecule has 37 heavy (non-hydrogen) atoms. The third kappa shape index (κ3) is 4.90. The second-order valence-electron chi connectivity index (χ2n) is 10.1. The number of imidazole rings is 1. The van der Waals surface area contributed by atoms with Crippen LogP contribution in [0.5, 0.6) is 5.75 Å². The summed E-state index contributed by atoms with van der Waals surface area (Å²) in [7, 11) is 2.28. The molecule has 3 aliphatic heterocycles. The molecule has 6 rings (SSSR count). The zero-order valence-electron chi connectivity index (χ0n) is 20.9. The molecular weight excluding hydrogens is 529 g/mol. The van der Waals surface area contributed by atoms with Crippen molar-refractivity contribution in [1.29, 1.82) is 0 Å². The highest BCUT2D eigenvalue weighted by atomic mass is 35.5. The molecule has 6 nitrogen and oxygen atoms in total. The highest BCUT2D eigenvalue weighted by Gasteiger charge is 2.46. The highest BCUT2D eigenvalue weighted by molar-refractivity contribution is 7.99. The van der Waals surface area contributed by atoms with E-state index in [1.165, 1.54) is 35.5 Å². The largest absolute Gasteiger partial charge is 0.491 e. The van der Waals surface area contributed by atoms with Crippen molar-refractivity contribution in [2.24, 2.45) is 0 Å². The van der Waals surface area contributed by atoms with Gasteiger partial charge in [-0.25, -0.2) is 4.98 Å². The average Bonchev–Trinajstić information content (AvgIpc) is 3.56. The highest BCUT2D eigenvalue weighted by Crippen LogP contribution is 2.45. The van der Waals surface area contributed by atoms with Gasteiger partial charge in [-0.2, -0.15) is 11.8 Å². The molecule has 2 atom stereocenters. The van der Waals surface area contributed by atoms with E-state index in [1.54, 1.807) is 24.7 Å². The van der Waals surface area contributed by atoms with E-state index in [4.69, 9.17) is 37.4 Å². The molecule has 0 amide bonds. The third-order valence-electron chi connectivity index (χ3n) is 7.93. The van der Waals surface area contributed by atoms with Gasteiger partial charge in [0.25, 0.3) is 0 Å². The van der Waals surface area contributed by atoms with E-state index in [-0.39, 0.29) is 11.6 Å². The molecule has 1 spiro atoms. The van der Waals surface area contributed by atoms with Crippen molar-refractivity contribution in [3.05, 3.63) is 81.9 Å². The summed E-state index contributed by atoms with van der Waals surface area (Å²) in [6.45, 7) is 2.28. The van der Waals surface area contributed by atoms with E-state index in [9.17, 15) is 0 Å². The minimum absolute atomic E-state index is 0.171. The van der Waals surface area contributed by atoms with Crippen LogP contribution in [0.4, 0.5) is 0 Å². The molecule has 0 bridgehead atoms. The van der Waals surface area contributed by atoms with Gasteiger partial charge in [0.2, 0.25) is 5.79 Å². The molecule has 4 heterocycles. The first kappa shape index (κ1) is 25.5. The average molecular weight is 561 g/mol. The van der Waals surface area contributed by atoms with E-state index < -0.39 is 5.79 Å². The fourth-order valence-electron chi connectivity index (χ4n) is 5.95. The minimum Gasteiger partial charge on any atom is -0.491 e. The lowest BCUT2D eigenvalue weighted by Gasteiger charge is -2.49. The van der Waals surface area contributed by atoms with Crippen LogP contribution in [0.25, 0.3) is 0 Å². The van der Waals surface area contributed by atoms with Gasteiger partial charge in [0.15, 0.2) is 0 Å². The van der Waals surface area contributed by atoms with Gasteiger partial charge in [0, 0.05) is 35.1 Å². The topological polar surface area (TPSA) is 48.8 Å². The predicted molar refractivity (Wildman–Crippen MR) is 148 cm³/mol. The van der Waals surface area contributed by atoms with Gasteiger partial charge in [-0.3, -0.25) is 4.90 Å². The Labute approximate surface area is 232 Å². The number of nitrogens with zero attached hydrogens (tertiary/aromatic N) is 3. The summed E-state index contributed by atoms with van der Waals surface area (Å²) in [5.74, 6) is 2.27. The molecule has 0 N–H and O–H groups in total. The van der Waals surface area contributed by atoms with E-state index in [0.717, 1.165) is 24.3 Å². The second kappa shape index (κ2) is 10.4. The molecule has 3 aromatic rings. The van der Waals surface area contributed by atoms with Crippen LogP contribution < -0.4 is 4.74 Å². The summed E-state index contributed by atoms with van der Waals surface area (Å²) in [6.07, 6.45) is 8.57. The second-order valence-corrected chi connectivity index (χ2v) is 12.2. The summed E-state index contributed by atoms with van der Waals surface area (Å²) in [5.41, 5.74) is 3.80. The van der Waals surface area contributed by atoms with Gasteiger partial charge >= 0.3 is 0 Å². The predicted octanol–water partition coefficient (Wildman–Crippen LogP) is 5.75. The molecule has 2 fully saturated rings. The zero-order chi connectivity index (χ0) is 25.5. The number of rotatable bonds is 6. The van der Waals surface area contributed by atoms with Crippen LogP contribution in [0, 0.1) is 0 Å². The lowest BCUT2D eigenvalue weighted by molar-refractivity contribution is -0.189. The molecule has 0 radical (unpaired) electrons. The van der Waals surface area contributed by atoms with Crippen LogP contribution in [0.2, 0.25) is 10.0 Å². The SMILES string of the molecule is CN1CCc2cc(OCC3COC(Cn4ccnc4)(c4ccc(Cl)cc4Cl)O3)ccc2C12CCSCC2. The normalized spacial score (nSPS) is 25.3. The maximum atomic E-state index is 6.59. The number of ether oxygens (including phenoxy) is 3. The Morgan fingerprint density at radius 1 is 1.14 bits per heavy atom. The summed E-state index contributed by atoms with van der Waals surface area (Å²) >= 11 is 14.8. The minimum atomic E-state index is -1.05. The van der Waals surface area contributed by atoms with E-state index in [2.05, 4.69) is 46.9 Å². The Hall–Kier alpha value is -1.74. The molecule has 196 valence electrons. The molecular formula is C28H31Cl2N3O3S. The van der Waals surface area contributed by atoms with Crippen molar-refractivity contribution in [2.45, 2.75) is 43.2 Å². The number of halogens is 2. The smallest absolute Gasteiger partial charge is 0.215 e. The number of hydrogen-bond acceptors (Lipinski definition) is 6. The zero-order valence-corrected chi connectivity index (χ0v) is 23.2. The maximum absolute atomic E-state index is 6.59. The fourth-order valence-corrected chi connectivity index (χ4v) is 7.67. The quantitative estimate of drug-likeness (QED) is 0.383. The van der Waals surface area contributed by atoms with Crippen molar-refractivity contribution < 1.29 is 14.2 Å². The van der Waals surface area contributed by atoms with Crippen molar-refractivity contribution in [3.63, 3.8) is 0 Å². The van der Waals surface area contributed by atoms with Gasteiger partial charge < -0.3 is 18.8 Å². The summed E-state index contributed by atoms with van der Waals surface area (Å²) in [4.78, 5) is 6.73. The van der Waals surface area contributed by atoms with Crippen LogP contribution in [0.15, 0.2) is 55.1 Å². The first-order chi connectivity index (χ1) is 18.0. The fraction of sp³-hybridized carbons (Fsp3) is 0.464. The van der Waals surface area contributed by atoms with Gasteiger partial charge in [0.1, 0.15) is 18.5 Å². The van der Waals surface area contributed by atoms with Crippen LogP contribution in [-0.2, 0) is 33.8 Å². The van der Waals surface area contributed by atoms with Crippen LogP contribution in [0.1, 0.15) is 29.5 Å². The molecule has 2 unspecified atom stereocenters. The third-order valence-corrected chi connectivity index (χ3v) is 9.47. The van der Waals surface area contributed by atoms with Crippen molar-refractivity contribution >= 4 is 35.0 Å². The first-order valence-electron chi connectivity index (χ1n) is 12.8. The number of fused-ring (bicyclic) bond motifs is 2. The summed E-state index contributed by atoms with van der Waals surface area (Å²) in [5, 5.41) is 1.07. The molecule has 3 aliphatic rings. The molecule has 9 heteroatoms. The van der Waals surface area contributed by atoms with E-state index >= 15 is 0 Å². The van der Waals surface area contributed by atoms with Crippen molar-refractivity contribution in [2.75, 3.05) is 38.3 Å². The summed E-state index contributed by atoms with van der Waals surface area (Å²) < 4.78 is 21.0. The molecule has 2 saturated heterocycles. The van der Waals surface area contributed by atoms with Crippen LogP contribution >= 0.6 is 35.0 Å². The van der Waals surface area contributed by atoms with E-state index in [1.807, 2.05) is 16.8 Å². The van der Waals surface area contributed by atoms with Gasteiger partial charge in [-0.05, 0) is 73.2 Å². The van der Waals surface area contributed by atoms with Crippen LogP contribution in [0.3, 0.4) is 0 Å². The van der Waals surface area contributed by atoms with Crippen molar-refractivity contribution in [3.8, 4) is 5.75 Å². The Morgan fingerprint density at radius 2 is 1.97 bits per heavy atom. The van der Waals surface area contributed by atoms with E-state index in [0.29, 0.717) is 29.8 Å². The lowest BCUT2D eigenvalue weighted by Crippen LogP contribution is -2.50. The molecule has 0 saturated carbocycles. The first-order valence-corrected chi connectivity index (χ1v) is 14.7. The number of benzene rings is 2. The number of hydrogen-bond donors (Lipinski definition) is 0. The monoisotopic (exact) mass is 559 g/mol. The van der Waals surface area contributed by atoms with Gasteiger partial charge in [-0.15, -0.1) is 0 Å². The Bertz CT molecular complexity index is 1250. The van der Waals surface area contributed by atoms with Crippen LogP contribution in [-0.4, -0.2) is 58.9 Å². The Balaban J connectivity index is 1.18. The lowest BCUT2D eigenvalue weighted by atomic mass is 9.77.